The molecule has 1 aromatic carbocycles. The van der Waals surface area contributed by atoms with E-state index in [0.717, 1.165) is 11.3 Å². The fraction of sp³-hybridized carbons (Fsp3) is 0.318. The first kappa shape index (κ1) is 19.6. The summed E-state index contributed by atoms with van der Waals surface area (Å²) in [5, 5.41) is 5.80. The van der Waals surface area contributed by atoms with E-state index in [1.54, 1.807) is 22.7 Å². The molecule has 0 radical (unpaired) electrons. The maximum atomic E-state index is 13.0. The van der Waals surface area contributed by atoms with E-state index in [9.17, 15) is 9.59 Å². The van der Waals surface area contributed by atoms with Crippen LogP contribution < -0.4 is 10.6 Å². The van der Waals surface area contributed by atoms with Gasteiger partial charge in [-0.05, 0) is 43.0 Å². The number of fused-ring (bicyclic) bond motifs is 1. The predicted molar refractivity (Wildman–Crippen MR) is 111 cm³/mol. The Labute approximate surface area is 165 Å². The number of imidazole rings is 1. The number of para-hydroxylation sites is 1. The molecule has 0 saturated carbocycles. The van der Waals surface area contributed by atoms with Crippen molar-refractivity contribution in [3.05, 3.63) is 65.7 Å². The molecule has 0 saturated heterocycles. The molecule has 146 valence electrons. The Balaban J connectivity index is 2.01. The molecule has 0 aliphatic carbocycles. The van der Waals surface area contributed by atoms with Crippen LogP contribution in [0.5, 0.6) is 0 Å². The number of hydrogen-bond acceptors (Lipinski definition) is 3. The molecule has 0 fully saturated rings. The highest BCUT2D eigenvalue weighted by atomic mass is 16.2. The highest BCUT2D eigenvalue weighted by Gasteiger charge is 2.24. The van der Waals surface area contributed by atoms with Gasteiger partial charge in [-0.15, -0.1) is 0 Å². The number of hydrogen-bond donors (Lipinski definition) is 2. The van der Waals surface area contributed by atoms with Crippen molar-refractivity contribution in [3.63, 3.8) is 0 Å². The molecular formula is C22H26N4O2. The molecule has 0 unspecified atom stereocenters. The van der Waals surface area contributed by atoms with Crippen LogP contribution in [0.25, 0.3) is 5.52 Å². The molecule has 28 heavy (non-hydrogen) atoms. The predicted octanol–water partition coefficient (Wildman–Crippen LogP) is 4.02. The van der Waals surface area contributed by atoms with Crippen molar-refractivity contribution in [1.82, 2.24) is 14.7 Å². The van der Waals surface area contributed by atoms with Crippen molar-refractivity contribution in [1.29, 1.82) is 0 Å². The second kappa shape index (κ2) is 7.46. The minimum absolute atomic E-state index is 0.0282. The topological polar surface area (TPSA) is 75.5 Å². The zero-order valence-electron chi connectivity index (χ0n) is 16.9. The van der Waals surface area contributed by atoms with Gasteiger partial charge in [0.25, 0.3) is 11.8 Å². The second-order valence-corrected chi connectivity index (χ2v) is 8.12. The third-order valence-corrected chi connectivity index (χ3v) is 4.37. The first-order chi connectivity index (χ1) is 13.2. The summed E-state index contributed by atoms with van der Waals surface area (Å²) in [5.74, 6) is -0.465. The van der Waals surface area contributed by atoms with E-state index in [1.165, 1.54) is 0 Å². The SMILES string of the molecule is CC(C)NC(=O)c1nc(C(=O)Nc2ccccc2C(C)(C)C)c2ccccn12. The highest BCUT2D eigenvalue weighted by molar-refractivity contribution is 6.09. The maximum absolute atomic E-state index is 13.0. The number of anilines is 1. The van der Waals surface area contributed by atoms with E-state index >= 15 is 0 Å². The van der Waals surface area contributed by atoms with Crippen LogP contribution >= 0.6 is 0 Å². The van der Waals surface area contributed by atoms with Gasteiger partial charge in [0.1, 0.15) is 0 Å². The Bertz CT molecular complexity index is 1030. The van der Waals surface area contributed by atoms with Crippen molar-refractivity contribution in [2.75, 3.05) is 5.32 Å². The third-order valence-electron chi connectivity index (χ3n) is 4.37. The van der Waals surface area contributed by atoms with Gasteiger partial charge in [-0.2, -0.15) is 0 Å². The summed E-state index contributed by atoms with van der Waals surface area (Å²) in [7, 11) is 0. The lowest BCUT2D eigenvalue weighted by Gasteiger charge is -2.22. The van der Waals surface area contributed by atoms with Crippen LogP contribution in [0.1, 0.15) is 61.3 Å². The summed E-state index contributed by atoms with van der Waals surface area (Å²) in [5.41, 5.74) is 2.46. The molecular weight excluding hydrogens is 352 g/mol. The van der Waals surface area contributed by atoms with E-state index in [1.807, 2.05) is 44.2 Å². The van der Waals surface area contributed by atoms with E-state index in [-0.39, 0.29) is 34.8 Å². The lowest BCUT2D eigenvalue weighted by Crippen LogP contribution is -2.31. The van der Waals surface area contributed by atoms with Gasteiger partial charge in [-0.3, -0.25) is 14.0 Å². The van der Waals surface area contributed by atoms with Gasteiger partial charge in [0.15, 0.2) is 5.69 Å². The van der Waals surface area contributed by atoms with Crippen molar-refractivity contribution < 1.29 is 9.59 Å². The fourth-order valence-electron chi connectivity index (χ4n) is 3.12. The Morgan fingerprint density at radius 3 is 2.36 bits per heavy atom. The van der Waals surface area contributed by atoms with Crippen LogP contribution in [0.2, 0.25) is 0 Å². The number of nitrogens with zero attached hydrogens (tertiary/aromatic N) is 2. The zero-order chi connectivity index (χ0) is 20.5. The fourth-order valence-corrected chi connectivity index (χ4v) is 3.12. The molecule has 0 aliphatic heterocycles. The average molecular weight is 378 g/mol. The van der Waals surface area contributed by atoms with Crippen LogP contribution in [-0.4, -0.2) is 27.2 Å². The molecule has 2 amide bonds. The Morgan fingerprint density at radius 1 is 1.00 bits per heavy atom. The van der Waals surface area contributed by atoms with E-state index in [2.05, 4.69) is 36.4 Å². The summed E-state index contributed by atoms with van der Waals surface area (Å²) in [6.45, 7) is 10.0. The first-order valence-electron chi connectivity index (χ1n) is 9.37. The van der Waals surface area contributed by atoms with Crippen LogP contribution in [0.4, 0.5) is 5.69 Å². The van der Waals surface area contributed by atoms with Gasteiger partial charge >= 0.3 is 0 Å². The van der Waals surface area contributed by atoms with Crippen LogP contribution in [0.15, 0.2) is 48.7 Å². The summed E-state index contributed by atoms with van der Waals surface area (Å²) in [4.78, 5) is 29.9. The number of carbonyl (C=O) groups is 2. The standard InChI is InChI=1S/C22H26N4O2/c1-14(2)23-21(28)19-25-18(17-12-8-9-13-26(17)19)20(27)24-16-11-7-6-10-15(16)22(3,4)5/h6-14H,1-5H3,(H,23,28)(H,24,27). The van der Waals surface area contributed by atoms with Gasteiger partial charge in [0.05, 0.1) is 5.52 Å². The quantitative estimate of drug-likeness (QED) is 0.720. The van der Waals surface area contributed by atoms with Crippen molar-refractivity contribution in [2.24, 2.45) is 0 Å². The molecule has 6 nitrogen and oxygen atoms in total. The normalized spacial score (nSPS) is 11.6. The van der Waals surface area contributed by atoms with Crippen molar-refractivity contribution in [3.8, 4) is 0 Å². The third kappa shape index (κ3) is 3.91. The largest absolute Gasteiger partial charge is 0.347 e. The second-order valence-electron chi connectivity index (χ2n) is 8.12. The van der Waals surface area contributed by atoms with Crippen molar-refractivity contribution >= 4 is 23.0 Å². The molecule has 2 aromatic heterocycles. The smallest absolute Gasteiger partial charge is 0.287 e. The van der Waals surface area contributed by atoms with Gasteiger partial charge in [-0.25, -0.2) is 4.98 Å². The number of pyridine rings is 1. The first-order valence-corrected chi connectivity index (χ1v) is 9.37. The van der Waals surface area contributed by atoms with E-state index in [4.69, 9.17) is 0 Å². The van der Waals surface area contributed by atoms with Gasteiger partial charge in [-0.1, -0.05) is 45.0 Å². The lowest BCUT2D eigenvalue weighted by atomic mass is 9.86. The number of carbonyl (C=O) groups excluding carboxylic acids is 2. The van der Waals surface area contributed by atoms with Gasteiger partial charge in [0, 0.05) is 17.9 Å². The molecule has 0 aliphatic rings. The molecule has 0 atom stereocenters. The Morgan fingerprint density at radius 2 is 1.68 bits per heavy atom. The van der Waals surface area contributed by atoms with Crippen LogP contribution in [-0.2, 0) is 5.41 Å². The maximum Gasteiger partial charge on any atom is 0.287 e. The number of amides is 2. The summed E-state index contributed by atoms with van der Waals surface area (Å²) in [6, 6.07) is 13.1. The van der Waals surface area contributed by atoms with Gasteiger partial charge in [0.2, 0.25) is 5.82 Å². The summed E-state index contributed by atoms with van der Waals surface area (Å²) < 4.78 is 1.64. The average Bonchev–Trinajstić information content (AvgIpc) is 3.00. The Kier molecular flexibility index (Phi) is 5.23. The molecule has 0 bridgehead atoms. The van der Waals surface area contributed by atoms with Crippen molar-refractivity contribution in [2.45, 2.75) is 46.1 Å². The molecule has 3 rings (SSSR count). The van der Waals surface area contributed by atoms with E-state index in [0.29, 0.717) is 5.52 Å². The number of rotatable bonds is 4. The highest BCUT2D eigenvalue weighted by Crippen LogP contribution is 2.29. The minimum atomic E-state index is -0.344. The number of nitrogens with one attached hydrogen (secondary N) is 2. The molecule has 2 heterocycles. The molecule has 2 N–H and O–H groups in total. The Hall–Kier alpha value is -3.15. The van der Waals surface area contributed by atoms with E-state index < -0.39 is 0 Å². The monoisotopic (exact) mass is 378 g/mol. The summed E-state index contributed by atoms with van der Waals surface area (Å²) in [6.07, 6.45) is 1.73. The molecule has 6 heteroatoms. The number of benzene rings is 1. The molecule has 3 aromatic rings. The summed E-state index contributed by atoms with van der Waals surface area (Å²) >= 11 is 0. The van der Waals surface area contributed by atoms with Gasteiger partial charge < -0.3 is 10.6 Å². The lowest BCUT2D eigenvalue weighted by molar-refractivity contribution is 0.0932. The minimum Gasteiger partial charge on any atom is -0.347 e. The number of aromatic nitrogens is 2. The zero-order valence-corrected chi connectivity index (χ0v) is 16.9. The van der Waals surface area contributed by atoms with Crippen LogP contribution in [0, 0.1) is 0 Å². The van der Waals surface area contributed by atoms with Crippen LogP contribution in [0.3, 0.4) is 0 Å². The molecule has 0 spiro atoms.